The molecule has 2 aromatic rings. The maximum absolute atomic E-state index is 12.7. The van der Waals surface area contributed by atoms with Crippen molar-refractivity contribution in [3.63, 3.8) is 0 Å². The number of benzene rings is 2. The predicted octanol–water partition coefficient (Wildman–Crippen LogP) is 3.17. The minimum Gasteiger partial charge on any atom is -0.479 e. The Labute approximate surface area is 186 Å². The highest BCUT2D eigenvalue weighted by atomic mass is 16.7. The Bertz CT molecular complexity index is 987. The van der Waals surface area contributed by atoms with Crippen LogP contribution in [0.25, 0.3) is 11.1 Å². The third kappa shape index (κ3) is 4.18. The van der Waals surface area contributed by atoms with E-state index in [0.29, 0.717) is 12.8 Å². The van der Waals surface area contributed by atoms with Crippen LogP contribution in [-0.4, -0.2) is 54.9 Å². The molecule has 0 saturated heterocycles. The molecule has 0 aromatic heterocycles. The monoisotopic (exact) mass is 438 g/mol. The van der Waals surface area contributed by atoms with Crippen LogP contribution in [-0.2, 0) is 19.2 Å². The first-order valence-electron chi connectivity index (χ1n) is 10.6. The minimum absolute atomic E-state index is 0.0389. The van der Waals surface area contributed by atoms with Crippen LogP contribution in [0.15, 0.2) is 48.5 Å². The van der Waals surface area contributed by atoms with Crippen molar-refractivity contribution in [2.24, 2.45) is 5.41 Å². The average molecular weight is 438 g/mol. The van der Waals surface area contributed by atoms with Gasteiger partial charge in [0, 0.05) is 19.5 Å². The van der Waals surface area contributed by atoms with Crippen molar-refractivity contribution < 1.29 is 29.1 Å². The van der Waals surface area contributed by atoms with E-state index in [2.05, 4.69) is 29.6 Å². The number of hydroxylamine groups is 2. The van der Waals surface area contributed by atoms with E-state index in [-0.39, 0.29) is 25.0 Å². The smallest absolute Gasteiger partial charge is 0.407 e. The second kappa shape index (κ2) is 9.00. The topological polar surface area (TPSA) is 105 Å². The molecule has 0 aliphatic heterocycles. The molecule has 0 atom stereocenters. The van der Waals surface area contributed by atoms with E-state index in [4.69, 9.17) is 14.7 Å². The Morgan fingerprint density at radius 2 is 1.66 bits per heavy atom. The molecular formula is C24H26N2O6. The summed E-state index contributed by atoms with van der Waals surface area (Å²) in [5, 5.41) is 12.4. The number of hydrogen-bond acceptors (Lipinski definition) is 5. The van der Waals surface area contributed by atoms with Crippen LogP contribution in [0.3, 0.4) is 0 Å². The summed E-state index contributed by atoms with van der Waals surface area (Å²) in [4.78, 5) is 40.8. The highest BCUT2D eigenvalue weighted by Gasteiger charge is 2.46. The van der Waals surface area contributed by atoms with E-state index < -0.39 is 24.1 Å². The number of hydrogen-bond donors (Lipinski definition) is 2. The molecule has 8 heteroatoms. The lowest BCUT2D eigenvalue weighted by Crippen LogP contribution is -2.53. The normalized spacial score (nSPS) is 15.8. The molecule has 4 rings (SSSR count). The third-order valence-electron chi connectivity index (χ3n) is 6.35. The number of carboxylic acids is 1. The van der Waals surface area contributed by atoms with Crippen LogP contribution < -0.4 is 5.32 Å². The van der Waals surface area contributed by atoms with Gasteiger partial charge < -0.3 is 15.2 Å². The molecule has 0 unspecified atom stereocenters. The van der Waals surface area contributed by atoms with E-state index >= 15 is 0 Å². The molecule has 32 heavy (non-hydrogen) atoms. The Morgan fingerprint density at radius 3 is 2.19 bits per heavy atom. The van der Waals surface area contributed by atoms with E-state index in [1.807, 2.05) is 24.3 Å². The van der Waals surface area contributed by atoms with Gasteiger partial charge in [0.1, 0.15) is 6.61 Å². The fourth-order valence-electron chi connectivity index (χ4n) is 4.51. The summed E-state index contributed by atoms with van der Waals surface area (Å²) in [6.07, 6.45) is 1.46. The first-order chi connectivity index (χ1) is 15.4. The number of carboxylic acid groups (broad SMARTS) is 1. The molecule has 2 aliphatic rings. The van der Waals surface area contributed by atoms with Crippen molar-refractivity contribution in [1.29, 1.82) is 0 Å². The summed E-state index contributed by atoms with van der Waals surface area (Å²) < 4.78 is 5.54. The molecule has 2 N–H and O–H groups in total. The van der Waals surface area contributed by atoms with Crippen molar-refractivity contribution in [3.8, 4) is 11.1 Å². The standard InChI is InChI=1S/C24H26N2O6/c1-26(32-14-21(27)28)22(29)24(11-6-12-24)15-25-23(30)31-13-20-18-9-4-2-7-16(18)17-8-3-5-10-19(17)20/h2-5,7-10,20H,6,11-15H2,1H3,(H,25,30)(H,27,28). The van der Waals surface area contributed by atoms with Gasteiger partial charge in [-0.05, 0) is 35.1 Å². The van der Waals surface area contributed by atoms with Gasteiger partial charge >= 0.3 is 12.1 Å². The minimum atomic E-state index is -1.16. The molecule has 0 spiro atoms. The molecular weight excluding hydrogens is 412 g/mol. The van der Waals surface area contributed by atoms with Gasteiger partial charge in [0.25, 0.3) is 5.91 Å². The Kier molecular flexibility index (Phi) is 6.14. The van der Waals surface area contributed by atoms with Crippen molar-refractivity contribution in [2.45, 2.75) is 25.2 Å². The fourth-order valence-corrected chi connectivity index (χ4v) is 4.51. The van der Waals surface area contributed by atoms with Crippen LogP contribution in [0.2, 0.25) is 0 Å². The fraction of sp³-hybridized carbons (Fsp3) is 0.375. The molecule has 2 aromatic carbocycles. The zero-order chi connectivity index (χ0) is 22.7. The highest BCUT2D eigenvalue weighted by Crippen LogP contribution is 2.45. The van der Waals surface area contributed by atoms with Crippen LogP contribution >= 0.6 is 0 Å². The number of nitrogens with zero attached hydrogens (tertiary/aromatic N) is 1. The van der Waals surface area contributed by atoms with Gasteiger partial charge in [-0.25, -0.2) is 14.7 Å². The second-order valence-electron chi connectivity index (χ2n) is 8.28. The van der Waals surface area contributed by atoms with Gasteiger partial charge in [-0.3, -0.25) is 9.63 Å². The average Bonchev–Trinajstić information content (AvgIpc) is 3.09. The van der Waals surface area contributed by atoms with Gasteiger partial charge in [0.2, 0.25) is 0 Å². The van der Waals surface area contributed by atoms with Crippen LogP contribution in [0, 0.1) is 5.41 Å². The largest absolute Gasteiger partial charge is 0.479 e. The molecule has 1 fully saturated rings. The van der Waals surface area contributed by atoms with Gasteiger partial charge in [0.15, 0.2) is 6.61 Å². The SMILES string of the molecule is CN(OCC(=O)O)C(=O)C1(CNC(=O)OCC2c3ccccc3-c3ccccc32)CCC1. The number of nitrogens with one attached hydrogen (secondary N) is 1. The van der Waals surface area contributed by atoms with Crippen molar-refractivity contribution in [3.05, 3.63) is 59.7 Å². The predicted molar refractivity (Wildman–Crippen MR) is 116 cm³/mol. The summed E-state index contributed by atoms with van der Waals surface area (Å²) in [5.74, 6) is -1.55. The van der Waals surface area contributed by atoms with Gasteiger partial charge in [-0.15, -0.1) is 0 Å². The van der Waals surface area contributed by atoms with E-state index in [1.165, 1.54) is 7.05 Å². The van der Waals surface area contributed by atoms with Crippen molar-refractivity contribution in [1.82, 2.24) is 10.4 Å². The van der Waals surface area contributed by atoms with E-state index in [0.717, 1.165) is 33.7 Å². The number of carbonyl (C=O) groups is 3. The maximum Gasteiger partial charge on any atom is 0.407 e. The molecule has 2 amide bonds. The van der Waals surface area contributed by atoms with Gasteiger partial charge in [0.05, 0.1) is 5.41 Å². The lowest BCUT2D eigenvalue weighted by atomic mass is 9.68. The second-order valence-corrected chi connectivity index (χ2v) is 8.28. The molecule has 0 bridgehead atoms. The van der Waals surface area contributed by atoms with Crippen LogP contribution in [0.1, 0.15) is 36.3 Å². The Hall–Kier alpha value is -3.39. The summed E-state index contributed by atoms with van der Waals surface area (Å²) in [6.45, 7) is -0.288. The van der Waals surface area contributed by atoms with Crippen LogP contribution in [0.4, 0.5) is 4.79 Å². The highest BCUT2D eigenvalue weighted by molar-refractivity contribution is 5.84. The Balaban J connectivity index is 1.34. The zero-order valence-electron chi connectivity index (χ0n) is 17.9. The lowest BCUT2D eigenvalue weighted by molar-refractivity contribution is -0.198. The van der Waals surface area contributed by atoms with Gasteiger partial charge in [-0.2, -0.15) is 0 Å². The quantitative estimate of drug-likeness (QED) is 0.614. The number of alkyl carbamates (subject to hydrolysis) is 1. The van der Waals surface area contributed by atoms with E-state index in [9.17, 15) is 14.4 Å². The molecule has 168 valence electrons. The van der Waals surface area contributed by atoms with Gasteiger partial charge in [-0.1, -0.05) is 55.0 Å². The molecule has 0 radical (unpaired) electrons. The summed E-state index contributed by atoms with van der Waals surface area (Å²) in [6, 6.07) is 16.2. The third-order valence-corrected chi connectivity index (χ3v) is 6.35. The number of ether oxygens (including phenoxy) is 1. The number of amides is 2. The van der Waals surface area contributed by atoms with E-state index in [1.54, 1.807) is 0 Å². The zero-order valence-corrected chi connectivity index (χ0v) is 17.9. The molecule has 8 nitrogen and oxygen atoms in total. The summed E-state index contributed by atoms with van der Waals surface area (Å²) >= 11 is 0. The lowest BCUT2D eigenvalue weighted by Gasteiger charge is -2.41. The number of carbonyl (C=O) groups excluding carboxylic acids is 2. The van der Waals surface area contributed by atoms with Crippen LogP contribution in [0.5, 0.6) is 0 Å². The number of rotatable bonds is 8. The summed E-state index contributed by atoms with van der Waals surface area (Å²) in [7, 11) is 1.39. The molecule has 1 saturated carbocycles. The summed E-state index contributed by atoms with van der Waals surface area (Å²) in [5.41, 5.74) is 3.77. The molecule has 0 heterocycles. The first-order valence-corrected chi connectivity index (χ1v) is 10.6. The number of fused-ring (bicyclic) bond motifs is 3. The Morgan fingerprint density at radius 1 is 1.06 bits per heavy atom. The maximum atomic E-state index is 12.7. The molecule has 2 aliphatic carbocycles. The van der Waals surface area contributed by atoms with Crippen molar-refractivity contribution in [2.75, 3.05) is 26.8 Å². The van der Waals surface area contributed by atoms with Crippen molar-refractivity contribution >= 4 is 18.0 Å². The number of aliphatic carboxylic acids is 1. The first kappa shape index (κ1) is 21.8.